The van der Waals surface area contributed by atoms with Crippen molar-refractivity contribution < 1.29 is 14.3 Å². The Hall–Kier alpha value is -2.24. The predicted octanol–water partition coefficient (Wildman–Crippen LogP) is 3.82. The number of rotatable bonds is 8. The van der Waals surface area contributed by atoms with E-state index in [-0.39, 0.29) is 5.91 Å². The molecule has 0 aliphatic heterocycles. The first-order chi connectivity index (χ1) is 12.0. The summed E-state index contributed by atoms with van der Waals surface area (Å²) in [6.45, 7) is 1.40. The number of carbonyl (C=O) groups excluding carboxylic acids is 1. The minimum atomic E-state index is -0.0813. The zero-order valence-corrected chi connectivity index (χ0v) is 15.5. The lowest BCUT2D eigenvalue weighted by Gasteiger charge is -2.17. The average molecular weight is 363 g/mol. The summed E-state index contributed by atoms with van der Waals surface area (Å²) >= 11 is 5.97. The lowest BCUT2D eigenvalue weighted by atomic mass is 10.2. The van der Waals surface area contributed by atoms with Crippen LogP contribution >= 0.6 is 11.6 Å². The molecule has 134 valence electrons. The van der Waals surface area contributed by atoms with Crippen molar-refractivity contribution in [2.24, 2.45) is 0 Å². The highest BCUT2D eigenvalue weighted by Crippen LogP contribution is 2.27. The van der Waals surface area contributed by atoms with Gasteiger partial charge in [-0.25, -0.2) is 0 Å². The topological polar surface area (TPSA) is 50.8 Å². The van der Waals surface area contributed by atoms with Crippen LogP contribution in [0, 0.1) is 0 Å². The molecule has 0 fully saturated rings. The molecule has 1 amide bonds. The first-order valence-corrected chi connectivity index (χ1v) is 8.34. The van der Waals surface area contributed by atoms with E-state index >= 15 is 0 Å². The van der Waals surface area contributed by atoms with Gasteiger partial charge in [0.25, 0.3) is 0 Å². The molecular formula is C19H23ClN2O3. The van der Waals surface area contributed by atoms with Crippen LogP contribution in [0.15, 0.2) is 42.5 Å². The fraction of sp³-hybridized carbons (Fsp3) is 0.316. The standard InChI is InChI=1S/C19H23ClN2O3/c1-22(13-14-4-7-16(24-2)8-5-14)11-10-19(23)21-17-12-15(20)6-9-18(17)25-3/h4-9,12H,10-11,13H2,1-3H3,(H,21,23). The Balaban J connectivity index is 1.83. The zero-order valence-electron chi connectivity index (χ0n) is 14.7. The van der Waals surface area contributed by atoms with Crippen LogP contribution in [0.25, 0.3) is 0 Å². The molecule has 0 saturated heterocycles. The molecular weight excluding hydrogens is 340 g/mol. The van der Waals surface area contributed by atoms with E-state index < -0.39 is 0 Å². The molecule has 2 aromatic rings. The number of hydrogen-bond acceptors (Lipinski definition) is 4. The summed E-state index contributed by atoms with van der Waals surface area (Å²) in [5, 5.41) is 3.39. The second-order valence-corrected chi connectivity index (χ2v) is 6.17. The van der Waals surface area contributed by atoms with E-state index in [0.29, 0.717) is 29.4 Å². The molecule has 5 nitrogen and oxygen atoms in total. The molecule has 2 rings (SSSR count). The van der Waals surface area contributed by atoms with Crippen molar-refractivity contribution >= 4 is 23.2 Å². The summed E-state index contributed by atoms with van der Waals surface area (Å²) in [7, 11) is 5.19. The van der Waals surface area contributed by atoms with Crippen LogP contribution in [0.3, 0.4) is 0 Å². The molecule has 2 aromatic carbocycles. The van der Waals surface area contributed by atoms with Gasteiger partial charge in [0.15, 0.2) is 0 Å². The number of benzene rings is 2. The van der Waals surface area contributed by atoms with Crippen LogP contribution in [0.5, 0.6) is 11.5 Å². The van der Waals surface area contributed by atoms with Crippen LogP contribution in [-0.4, -0.2) is 38.6 Å². The monoisotopic (exact) mass is 362 g/mol. The van der Waals surface area contributed by atoms with Gasteiger partial charge < -0.3 is 19.7 Å². The maximum Gasteiger partial charge on any atom is 0.225 e. The number of hydrogen-bond donors (Lipinski definition) is 1. The summed E-state index contributed by atoms with van der Waals surface area (Å²) in [4.78, 5) is 14.3. The minimum absolute atomic E-state index is 0.0813. The van der Waals surface area contributed by atoms with Crippen LogP contribution in [0.2, 0.25) is 5.02 Å². The summed E-state index contributed by atoms with van der Waals surface area (Å²) in [5.74, 6) is 1.34. The number of carbonyl (C=O) groups is 1. The quantitative estimate of drug-likeness (QED) is 0.775. The lowest BCUT2D eigenvalue weighted by Crippen LogP contribution is -2.24. The van der Waals surface area contributed by atoms with Gasteiger partial charge in [-0.3, -0.25) is 4.79 Å². The molecule has 0 saturated carbocycles. The number of anilines is 1. The SMILES string of the molecule is COc1ccc(CN(C)CCC(=O)Nc2cc(Cl)ccc2OC)cc1. The van der Waals surface area contributed by atoms with Crippen molar-refractivity contribution in [2.45, 2.75) is 13.0 Å². The molecule has 0 aliphatic rings. The number of methoxy groups -OCH3 is 2. The van der Waals surface area contributed by atoms with E-state index in [2.05, 4.69) is 10.2 Å². The fourth-order valence-electron chi connectivity index (χ4n) is 2.40. The van der Waals surface area contributed by atoms with Crippen molar-refractivity contribution in [3.8, 4) is 11.5 Å². The molecule has 0 spiro atoms. The zero-order chi connectivity index (χ0) is 18.2. The van der Waals surface area contributed by atoms with Crippen LogP contribution in [-0.2, 0) is 11.3 Å². The summed E-state index contributed by atoms with van der Waals surface area (Å²) in [5.41, 5.74) is 1.75. The van der Waals surface area contributed by atoms with Crippen molar-refractivity contribution in [3.05, 3.63) is 53.1 Å². The Morgan fingerprint density at radius 1 is 1.12 bits per heavy atom. The van der Waals surface area contributed by atoms with Gasteiger partial charge in [0, 0.05) is 24.5 Å². The van der Waals surface area contributed by atoms with E-state index in [1.807, 2.05) is 31.3 Å². The Labute approximate surface area is 153 Å². The first-order valence-electron chi connectivity index (χ1n) is 7.96. The Bertz CT molecular complexity index is 704. The van der Waals surface area contributed by atoms with E-state index in [0.717, 1.165) is 12.3 Å². The van der Waals surface area contributed by atoms with E-state index in [1.54, 1.807) is 32.4 Å². The maximum absolute atomic E-state index is 12.2. The highest BCUT2D eigenvalue weighted by molar-refractivity contribution is 6.31. The van der Waals surface area contributed by atoms with Crippen LogP contribution in [0.1, 0.15) is 12.0 Å². The van der Waals surface area contributed by atoms with Crippen molar-refractivity contribution in [1.82, 2.24) is 4.90 Å². The minimum Gasteiger partial charge on any atom is -0.497 e. The lowest BCUT2D eigenvalue weighted by molar-refractivity contribution is -0.116. The van der Waals surface area contributed by atoms with E-state index in [4.69, 9.17) is 21.1 Å². The second kappa shape index (κ2) is 9.30. The van der Waals surface area contributed by atoms with Gasteiger partial charge in [0.1, 0.15) is 11.5 Å². The van der Waals surface area contributed by atoms with Gasteiger partial charge in [-0.05, 0) is 42.9 Å². The van der Waals surface area contributed by atoms with E-state index in [9.17, 15) is 4.79 Å². The fourth-order valence-corrected chi connectivity index (χ4v) is 2.58. The molecule has 0 heterocycles. The van der Waals surface area contributed by atoms with Gasteiger partial charge in [-0.15, -0.1) is 0 Å². The first kappa shape index (κ1) is 19.1. The number of nitrogens with one attached hydrogen (secondary N) is 1. The third-order valence-corrected chi connectivity index (χ3v) is 4.00. The highest BCUT2D eigenvalue weighted by Gasteiger charge is 2.10. The van der Waals surface area contributed by atoms with Crippen LogP contribution < -0.4 is 14.8 Å². The van der Waals surface area contributed by atoms with E-state index in [1.165, 1.54) is 5.56 Å². The van der Waals surface area contributed by atoms with Gasteiger partial charge in [-0.1, -0.05) is 23.7 Å². The van der Waals surface area contributed by atoms with Gasteiger partial charge in [0.2, 0.25) is 5.91 Å². The Morgan fingerprint density at radius 2 is 1.84 bits per heavy atom. The number of halogens is 1. The normalized spacial score (nSPS) is 10.6. The number of nitrogens with zero attached hydrogens (tertiary/aromatic N) is 1. The largest absolute Gasteiger partial charge is 0.497 e. The highest BCUT2D eigenvalue weighted by atomic mass is 35.5. The van der Waals surface area contributed by atoms with Crippen LogP contribution in [0.4, 0.5) is 5.69 Å². The summed E-state index contributed by atoms with van der Waals surface area (Å²) in [6.07, 6.45) is 0.377. The third-order valence-electron chi connectivity index (χ3n) is 3.77. The molecule has 1 N–H and O–H groups in total. The summed E-state index contributed by atoms with van der Waals surface area (Å²) in [6, 6.07) is 13.0. The second-order valence-electron chi connectivity index (χ2n) is 5.73. The summed E-state index contributed by atoms with van der Waals surface area (Å²) < 4.78 is 10.4. The van der Waals surface area contributed by atoms with Gasteiger partial charge >= 0.3 is 0 Å². The van der Waals surface area contributed by atoms with Crippen molar-refractivity contribution in [2.75, 3.05) is 33.1 Å². The van der Waals surface area contributed by atoms with Gasteiger partial charge in [0.05, 0.1) is 19.9 Å². The molecule has 0 atom stereocenters. The predicted molar refractivity (Wildman–Crippen MR) is 101 cm³/mol. The smallest absolute Gasteiger partial charge is 0.225 e. The third kappa shape index (κ3) is 5.96. The molecule has 6 heteroatoms. The molecule has 0 aromatic heterocycles. The molecule has 0 bridgehead atoms. The molecule has 0 unspecified atom stereocenters. The average Bonchev–Trinajstić information content (AvgIpc) is 2.61. The van der Waals surface area contributed by atoms with Crippen molar-refractivity contribution in [1.29, 1.82) is 0 Å². The number of ether oxygens (including phenoxy) is 2. The molecule has 0 radical (unpaired) electrons. The molecule has 0 aliphatic carbocycles. The Morgan fingerprint density at radius 3 is 2.48 bits per heavy atom. The van der Waals surface area contributed by atoms with Gasteiger partial charge in [-0.2, -0.15) is 0 Å². The van der Waals surface area contributed by atoms with Crippen molar-refractivity contribution in [3.63, 3.8) is 0 Å². The number of amides is 1. The maximum atomic E-state index is 12.2. The Kier molecular flexibility index (Phi) is 7.10. The molecule has 25 heavy (non-hydrogen) atoms.